The summed E-state index contributed by atoms with van der Waals surface area (Å²) in [6.45, 7) is 5.42. The van der Waals surface area contributed by atoms with Crippen LogP contribution in [-0.2, 0) is 11.3 Å². The lowest BCUT2D eigenvalue weighted by Gasteiger charge is -2.38. The van der Waals surface area contributed by atoms with E-state index in [1.165, 1.54) is 0 Å². The summed E-state index contributed by atoms with van der Waals surface area (Å²) in [5, 5.41) is 5.14. The lowest BCUT2D eigenvalue weighted by atomic mass is 10.0. The molecule has 1 heterocycles. The molecule has 1 fully saturated rings. The van der Waals surface area contributed by atoms with E-state index in [2.05, 4.69) is 22.5 Å². The van der Waals surface area contributed by atoms with Crippen LogP contribution in [0.2, 0.25) is 0 Å². The van der Waals surface area contributed by atoms with Crippen molar-refractivity contribution in [1.29, 1.82) is 0 Å². The number of likely N-dealkylation sites (tertiary alicyclic amines) is 1. The summed E-state index contributed by atoms with van der Waals surface area (Å²) in [7, 11) is 0. The Kier molecular flexibility index (Phi) is 9.44. The van der Waals surface area contributed by atoms with Gasteiger partial charge in [0.25, 0.3) is 5.91 Å². The number of benzene rings is 2. The van der Waals surface area contributed by atoms with E-state index in [4.69, 9.17) is 0 Å². The summed E-state index contributed by atoms with van der Waals surface area (Å²) < 4.78 is 0. The van der Waals surface area contributed by atoms with Crippen molar-refractivity contribution < 1.29 is 14.4 Å². The van der Waals surface area contributed by atoms with Crippen LogP contribution >= 0.6 is 0 Å². The molecule has 1 saturated heterocycles. The highest BCUT2D eigenvalue weighted by atomic mass is 16.2. The molecule has 2 aromatic carbocycles. The highest BCUT2D eigenvalue weighted by molar-refractivity contribution is 5.94. The minimum absolute atomic E-state index is 0.0805. The van der Waals surface area contributed by atoms with E-state index < -0.39 is 6.03 Å². The molecule has 0 atom stereocenters. The molecule has 0 radical (unpaired) electrons. The molecule has 7 heteroatoms. The molecule has 0 bridgehead atoms. The van der Waals surface area contributed by atoms with Gasteiger partial charge in [0.2, 0.25) is 5.91 Å². The lowest BCUT2D eigenvalue weighted by molar-refractivity contribution is -0.120. The topological polar surface area (TPSA) is 81.8 Å². The van der Waals surface area contributed by atoms with E-state index >= 15 is 0 Å². The summed E-state index contributed by atoms with van der Waals surface area (Å²) in [6.07, 6.45) is 3.03. The van der Waals surface area contributed by atoms with E-state index in [-0.39, 0.29) is 18.2 Å². The van der Waals surface area contributed by atoms with Crippen LogP contribution in [0.5, 0.6) is 0 Å². The number of rotatable bonds is 9. The third kappa shape index (κ3) is 7.71. The first-order chi connectivity index (χ1) is 16.1. The van der Waals surface area contributed by atoms with Crippen LogP contribution in [0.1, 0.15) is 48.5 Å². The number of carbonyl (C=O) groups excluding carboxylic acids is 3. The van der Waals surface area contributed by atoms with Gasteiger partial charge in [-0.3, -0.25) is 19.8 Å². The van der Waals surface area contributed by atoms with Gasteiger partial charge in [0.1, 0.15) is 0 Å². The molecule has 0 aromatic heterocycles. The minimum Gasteiger partial charge on any atom is -0.339 e. The number of nitrogens with zero attached hydrogens (tertiary/aromatic N) is 2. The fraction of sp³-hybridized carbons (Fsp3) is 0.423. The summed E-state index contributed by atoms with van der Waals surface area (Å²) in [4.78, 5) is 41.3. The van der Waals surface area contributed by atoms with Crippen LogP contribution in [0.15, 0.2) is 60.7 Å². The van der Waals surface area contributed by atoms with Crippen molar-refractivity contribution in [3.05, 3.63) is 71.8 Å². The Balaban J connectivity index is 1.41. The zero-order valence-electron chi connectivity index (χ0n) is 19.3. The number of amides is 4. The van der Waals surface area contributed by atoms with Gasteiger partial charge >= 0.3 is 6.03 Å². The van der Waals surface area contributed by atoms with Crippen LogP contribution in [-0.4, -0.2) is 59.9 Å². The quantitative estimate of drug-likeness (QED) is 0.613. The molecule has 0 saturated carbocycles. The predicted octanol–water partition coefficient (Wildman–Crippen LogP) is 3.42. The Morgan fingerprint density at radius 2 is 1.58 bits per heavy atom. The first-order valence-electron chi connectivity index (χ1n) is 11.8. The molecule has 2 N–H and O–H groups in total. The molecule has 2 aromatic rings. The number of hydrogen-bond acceptors (Lipinski definition) is 4. The highest BCUT2D eigenvalue weighted by Crippen LogP contribution is 2.19. The van der Waals surface area contributed by atoms with Gasteiger partial charge < -0.3 is 10.2 Å². The van der Waals surface area contributed by atoms with Gasteiger partial charge in [-0.15, -0.1) is 0 Å². The largest absolute Gasteiger partial charge is 0.339 e. The number of hydrogen-bond donors (Lipinski definition) is 2. The van der Waals surface area contributed by atoms with Crippen molar-refractivity contribution in [3.8, 4) is 0 Å². The Morgan fingerprint density at radius 3 is 2.21 bits per heavy atom. The maximum atomic E-state index is 12.7. The molecule has 0 aliphatic carbocycles. The van der Waals surface area contributed by atoms with Crippen molar-refractivity contribution in [2.24, 2.45) is 0 Å². The third-order valence-electron chi connectivity index (χ3n) is 5.97. The van der Waals surface area contributed by atoms with Crippen molar-refractivity contribution in [2.75, 3.05) is 26.2 Å². The Bertz CT molecular complexity index is 896. The standard InChI is InChI=1S/C26H34N4O3/c1-2-16-29(19-15-24(31)28-26(33)27-20-21-9-5-3-6-10-21)23-13-17-30(18-14-23)25(32)22-11-7-4-8-12-22/h3-12,23H,2,13-20H2,1H3,(H2,27,28,31,33). The molecule has 0 unspecified atom stereocenters. The first-order valence-corrected chi connectivity index (χ1v) is 11.8. The van der Waals surface area contributed by atoms with Crippen molar-refractivity contribution in [1.82, 2.24) is 20.4 Å². The summed E-state index contributed by atoms with van der Waals surface area (Å²) in [6, 6.07) is 18.8. The van der Waals surface area contributed by atoms with E-state index in [0.717, 1.165) is 36.9 Å². The fourth-order valence-corrected chi connectivity index (χ4v) is 4.22. The van der Waals surface area contributed by atoms with E-state index in [9.17, 15) is 14.4 Å². The average molecular weight is 451 g/mol. The van der Waals surface area contributed by atoms with Crippen LogP contribution in [0.3, 0.4) is 0 Å². The Labute approximate surface area is 196 Å². The predicted molar refractivity (Wildman–Crippen MR) is 129 cm³/mol. The summed E-state index contributed by atoms with van der Waals surface area (Å²) in [5.41, 5.74) is 1.70. The summed E-state index contributed by atoms with van der Waals surface area (Å²) >= 11 is 0. The van der Waals surface area contributed by atoms with Gasteiger partial charge in [-0.05, 0) is 43.5 Å². The van der Waals surface area contributed by atoms with Gasteiger partial charge in [0, 0.05) is 44.2 Å². The Hall–Kier alpha value is -3.19. The van der Waals surface area contributed by atoms with Crippen LogP contribution in [0.25, 0.3) is 0 Å². The van der Waals surface area contributed by atoms with Gasteiger partial charge in [-0.25, -0.2) is 4.79 Å². The molecule has 33 heavy (non-hydrogen) atoms. The zero-order chi connectivity index (χ0) is 23.5. The summed E-state index contributed by atoms with van der Waals surface area (Å²) in [5.74, 6) is -0.199. The molecule has 0 spiro atoms. The highest BCUT2D eigenvalue weighted by Gasteiger charge is 2.27. The van der Waals surface area contributed by atoms with Gasteiger partial charge in [0.15, 0.2) is 0 Å². The minimum atomic E-state index is -0.473. The fourth-order valence-electron chi connectivity index (χ4n) is 4.22. The molecule has 1 aliphatic rings. The molecule has 4 amide bonds. The Morgan fingerprint density at radius 1 is 0.939 bits per heavy atom. The second kappa shape index (κ2) is 12.7. The maximum absolute atomic E-state index is 12.7. The average Bonchev–Trinajstić information content (AvgIpc) is 2.86. The molecular weight excluding hydrogens is 416 g/mol. The van der Waals surface area contributed by atoms with Crippen molar-refractivity contribution in [3.63, 3.8) is 0 Å². The van der Waals surface area contributed by atoms with Gasteiger partial charge in [-0.1, -0.05) is 55.5 Å². The van der Waals surface area contributed by atoms with Crippen molar-refractivity contribution in [2.45, 2.75) is 45.2 Å². The van der Waals surface area contributed by atoms with E-state index in [1.54, 1.807) is 0 Å². The second-order valence-electron chi connectivity index (χ2n) is 8.39. The lowest BCUT2D eigenvalue weighted by Crippen LogP contribution is -2.48. The molecular formula is C26H34N4O3. The number of piperidine rings is 1. The molecule has 7 nitrogen and oxygen atoms in total. The molecule has 1 aliphatic heterocycles. The number of nitrogens with one attached hydrogen (secondary N) is 2. The maximum Gasteiger partial charge on any atom is 0.321 e. The zero-order valence-corrected chi connectivity index (χ0v) is 19.3. The number of urea groups is 1. The van der Waals surface area contributed by atoms with Crippen molar-refractivity contribution >= 4 is 17.8 Å². The number of carbonyl (C=O) groups is 3. The van der Waals surface area contributed by atoms with E-state index in [0.29, 0.717) is 32.2 Å². The SMILES string of the molecule is CCCN(CCC(=O)NC(=O)NCc1ccccc1)C1CCN(C(=O)c2ccccc2)CC1. The number of imide groups is 1. The second-order valence-corrected chi connectivity index (χ2v) is 8.39. The normalized spacial score (nSPS) is 14.2. The first kappa shape index (κ1) is 24.5. The van der Waals surface area contributed by atoms with Gasteiger partial charge in [0.05, 0.1) is 0 Å². The van der Waals surface area contributed by atoms with Crippen LogP contribution < -0.4 is 10.6 Å². The van der Waals surface area contributed by atoms with Crippen LogP contribution in [0, 0.1) is 0 Å². The van der Waals surface area contributed by atoms with Crippen LogP contribution in [0.4, 0.5) is 4.79 Å². The van der Waals surface area contributed by atoms with E-state index in [1.807, 2.05) is 65.6 Å². The molecule has 176 valence electrons. The third-order valence-corrected chi connectivity index (χ3v) is 5.97. The molecule has 3 rings (SSSR count). The van der Waals surface area contributed by atoms with Gasteiger partial charge in [-0.2, -0.15) is 0 Å². The smallest absolute Gasteiger partial charge is 0.321 e. The monoisotopic (exact) mass is 450 g/mol.